The van der Waals surface area contributed by atoms with Gasteiger partial charge in [-0.25, -0.2) is 0 Å². The Hall–Kier alpha value is -9.09. The first-order valence-electron chi connectivity index (χ1n) is 57.1. The van der Waals surface area contributed by atoms with Crippen LogP contribution in [0, 0.1) is 47.3 Å². The molecule has 0 aliphatic heterocycles. The zero-order valence-electron chi connectivity index (χ0n) is 89.9. The van der Waals surface area contributed by atoms with Crippen molar-refractivity contribution in [3.63, 3.8) is 0 Å². The Morgan fingerprint density at radius 2 is 0.414 bits per heavy atom. The molecule has 8 unspecified atom stereocenters. The van der Waals surface area contributed by atoms with Gasteiger partial charge in [0.1, 0.15) is 18.1 Å². The van der Waals surface area contributed by atoms with Crippen LogP contribution in [0.3, 0.4) is 0 Å². The van der Waals surface area contributed by atoms with Crippen molar-refractivity contribution in [2.24, 2.45) is 47.3 Å². The van der Waals surface area contributed by atoms with E-state index in [4.69, 9.17) is 9.47 Å². The van der Waals surface area contributed by atoms with Crippen molar-refractivity contribution in [2.45, 2.75) is 386 Å². The third kappa shape index (κ3) is 25.1. The van der Waals surface area contributed by atoms with Gasteiger partial charge in [0, 0.05) is 56.8 Å². The number of hydrogen-bond acceptors (Lipinski definition) is 3. The van der Waals surface area contributed by atoms with Crippen LogP contribution < -0.4 is 9.47 Å². The van der Waals surface area contributed by atoms with Crippen molar-refractivity contribution >= 4 is 108 Å². The highest BCUT2D eigenvalue weighted by molar-refractivity contribution is 9.08. The second kappa shape index (κ2) is 53.0. The lowest BCUT2D eigenvalue weighted by molar-refractivity contribution is -0.131. The summed E-state index contributed by atoms with van der Waals surface area (Å²) >= 11 is 4.33. The highest BCUT2D eigenvalue weighted by atomic mass is 79.9. The minimum absolute atomic E-state index is 0.192. The van der Waals surface area contributed by atoms with Gasteiger partial charge in [-0.2, -0.15) is 0 Å². The number of unbranched alkanes of at least 4 members (excludes halogenated alkanes) is 8. The predicted octanol–water partition coefficient (Wildman–Crippen LogP) is 42.1. The first-order valence-corrected chi connectivity index (χ1v) is 58.2. The molecule has 0 bridgehead atoms. The topological polar surface area (TPSA) is 35.5 Å². The minimum Gasteiger partial charge on any atom is -0.488 e. The van der Waals surface area contributed by atoms with E-state index in [9.17, 15) is 0 Å². The zero-order chi connectivity index (χ0) is 98.7. The van der Waals surface area contributed by atoms with Crippen molar-refractivity contribution < 1.29 is 14.3 Å². The van der Waals surface area contributed by atoms with Gasteiger partial charge in [0.15, 0.2) is 0 Å². The summed E-state index contributed by atoms with van der Waals surface area (Å²) in [5.74, 6) is 5.48. The van der Waals surface area contributed by atoms with Crippen LogP contribution in [0.15, 0.2) is 194 Å². The molecule has 0 aliphatic rings. The molecule has 0 N–H and O–H groups in total. The molecule has 0 saturated heterocycles. The number of ether oxygens (including phenoxy) is 2. The van der Waals surface area contributed by atoms with Crippen molar-refractivity contribution in [1.82, 2.24) is 0 Å². The summed E-state index contributed by atoms with van der Waals surface area (Å²) in [7, 11) is 0. The summed E-state index contributed by atoms with van der Waals surface area (Å²) in [6.07, 6.45) is 45.9. The zero-order valence-corrected chi connectivity index (χ0v) is 91.5. The summed E-state index contributed by atoms with van der Waals surface area (Å²) in [6, 6.07) is 79.0. The van der Waals surface area contributed by atoms with Crippen LogP contribution in [-0.4, -0.2) is 5.97 Å². The van der Waals surface area contributed by atoms with E-state index in [1.54, 1.807) is 6.92 Å². The maximum Gasteiger partial charge on any atom is 0.308 e. The minimum atomic E-state index is -0.335. The van der Waals surface area contributed by atoms with Gasteiger partial charge in [0.05, 0.1) is 0 Å². The Morgan fingerprint density at radius 3 is 0.579 bits per heavy atom. The van der Waals surface area contributed by atoms with Crippen LogP contribution in [0.1, 0.15) is 379 Å². The van der Waals surface area contributed by atoms with E-state index in [-0.39, 0.29) is 12.6 Å². The summed E-state index contributed by atoms with van der Waals surface area (Å²) in [5, 5.41) is 21.1. The maximum absolute atomic E-state index is 15.5. The van der Waals surface area contributed by atoms with E-state index in [2.05, 4.69) is 321 Å². The number of benzene rings is 14. The summed E-state index contributed by atoms with van der Waals surface area (Å²) in [4.78, 5) is 15.5. The van der Waals surface area contributed by atoms with Crippen LogP contribution in [0.2, 0.25) is 0 Å². The van der Waals surface area contributed by atoms with E-state index in [0.29, 0.717) is 58.4 Å². The van der Waals surface area contributed by atoms with Crippen LogP contribution in [0.25, 0.3) is 131 Å². The molecule has 14 aromatic rings. The lowest BCUT2D eigenvalue weighted by atomic mass is 9.81. The standard InChI is InChI=1S/C136H175BrO3/c1-18-34-50-93(26-9)74-103-58-42-66-111-119(103)86-120-104(75-94(27-10)51-35-19-2)59-43-67-112(120)131(111)127-82-101(90-137)83-128(132-113-68-44-60-105(76-95(28-11)52-36-20-3)121(113)87-122-106(61-45-69-114(122)132)77-96(29-12)53-37-21-4)135(127)139-91-102-84-129(133-115-70-46-62-107(78-97(30-13)54-38-22-5)123(115)88-124-108(63-47-71-116(124)133)79-98(31-14)55-39-23-6)136(140-92(17)138)130(85-102)134-117-72-48-64-109(80-99(32-15)56-40-24-7)125(117)89-126-110(65-49-73-118(126)134)81-100(33-16)57-41-25-8/h42-49,58-73,82-89,93-100H,18-41,50-57,74-81,90-91H2,1-17H3. The molecule has 0 fully saturated rings. The molecule has 14 rings (SSSR count). The van der Waals surface area contributed by atoms with Gasteiger partial charge in [0.2, 0.25) is 0 Å². The third-order valence-corrected chi connectivity index (χ3v) is 34.1. The highest BCUT2D eigenvalue weighted by Crippen LogP contribution is 2.55. The van der Waals surface area contributed by atoms with Crippen molar-refractivity contribution in [2.75, 3.05) is 0 Å². The molecule has 0 radical (unpaired) electrons. The summed E-state index contributed by atoms with van der Waals surface area (Å²) in [5.41, 5.74) is 22.3. The molecule has 0 saturated carbocycles. The smallest absolute Gasteiger partial charge is 0.308 e. The number of hydrogen-bond donors (Lipinski definition) is 0. The summed E-state index contributed by atoms with van der Waals surface area (Å²) in [6.45, 7) is 40.1. The highest BCUT2D eigenvalue weighted by Gasteiger charge is 2.32. The van der Waals surface area contributed by atoms with Gasteiger partial charge in [-0.15, -0.1) is 0 Å². The number of fused-ring (bicyclic) bond motifs is 8. The predicted molar refractivity (Wildman–Crippen MR) is 619 cm³/mol. The van der Waals surface area contributed by atoms with E-state index >= 15 is 4.79 Å². The van der Waals surface area contributed by atoms with Gasteiger partial charge in [-0.1, -0.05) is 478 Å². The van der Waals surface area contributed by atoms with Gasteiger partial charge < -0.3 is 9.47 Å². The Bertz CT molecular complexity index is 5760. The molecule has 0 heterocycles. The molecule has 0 spiro atoms. The van der Waals surface area contributed by atoms with Gasteiger partial charge in [0.25, 0.3) is 0 Å². The first kappa shape index (κ1) is 107. The van der Waals surface area contributed by atoms with E-state index < -0.39 is 0 Å². The van der Waals surface area contributed by atoms with Crippen LogP contribution >= 0.6 is 15.9 Å². The quantitative estimate of drug-likeness (QED) is 0.0165. The van der Waals surface area contributed by atoms with E-state index in [0.717, 1.165) is 147 Å². The average molecular weight is 1940 g/mol. The second-order valence-electron chi connectivity index (χ2n) is 43.1. The van der Waals surface area contributed by atoms with Crippen LogP contribution in [-0.2, 0) is 68.1 Å². The maximum atomic E-state index is 15.5. The number of halogens is 1. The lowest BCUT2D eigenvalue weighted by Gasteiger charge is -2.26. The molecule has 140 heavy (non-hydrogen) atoms. The fourth-order valence-electron chi connectivity index (χ4n) is 24.6. The molecule has 0 aliphatic carbocycles. The molecule has 14 aromatic carbocycles. The van der Waals surface area contributed by atoms with Crippen molar-refractivity contribution in [1.29, 1.82) is 0 Å². The van der Waals surface area contributed by atoms with Crippen molar-refractivity contribution in [3.8, 4) is 56.0 Å². The van der Waals surface area contributed by atoms with Gasteiger partial charge >= 0.3 is 5.97 Å². The molecule has 0 amide bonds. The average Bonchev–Trinajstić information content (AvgIpc) is 0.720. The molecule has 4 heteroatoms. The lowest BCUT2D eigenvalue weighted by Crippen LogP contribution is -2.09. The fraction of sp³-hybridized carbons (Fsp3) is 0.493. The number of carbonyl (C=O) groups is 1. The third-order valence-electron chi connectivity index (χ3n) is 33.5. The molecule has 3 nitrogen and oxygen atoms in total. The Kier molecular flexibility index (Phi) is 40.4. The second-order valence-corrected chi connectivity index (χ2v) is 43.7. The van der Waals surface area contributed by atoms with Crippen molar-refractivity contribution in [3.05, 3.63) is 250 Å². The largest absolute Gasteiger partial charge is 0.488 e. The Balaban J connectivity index is 1.18. The molecule has 0 aromatic heterocycles. The monoisotopic (exact) mass is 1940 g/mol. The van der Waals surface area contributed by atoms with Crippen LogP contribution in [0.5, 0.6) is 11.5 Å². The number of carbonyl (C=O) groups excluding carboxylic acids is 1. The molecule has 744 valence electrons. The normalized spacial score (nSPS) is 13.8. The number of rotatable bonds is 57. The van der Waals surface area contributed by atoms with E-state index in [1.165, 1.54) is 301 Å². The Labute approximate surface area is 855 Å². The van der Waals surface area contributed by atoms with E-state index in [1.807, 2.05) is 0 Å². The fourth-order valence-corrected chi connectivity index (χ4v) is 25.0. The summed E-state index contributed by atoms with van der Waals surface area (Å²) < 4.78 is 16.4. The van der Waals surface area contributed by atoms with Gasteiger partial charge in [-0.05, 0) is 289 Å². The number of alkyl halides is 1. The SMILES string of the molecule is CCCCC(CC)Cc1cccc2c(-c3cc(CBr)cc(-c4c5cccc(CC(CC)CCCC)c5cc5c(CC(CC)CCCC)cccc45)c3OCc3cc(-c4c5cccc(CC(CC)CCCC)c5cc5c(CC(CC)CCCC)cccc45)c(OC(C)=O)c(-c4c5cccc(CC(CC)CCCC)c5cc5c(CC(CC)CCCC)cccc45)c3)c3cccc(CC(CC)CCCC)c3cc12. The molecular weight excluding hydrogens is 1760 g/mol. The first-order chi connectivity index (χ1) is 68.5. The van der Waals surface area contributed by atoms with Gasteiger partial charge in [-0.3, -0.25) is 4.79 Å². The molecular formula is C136H175BrO3. The number of esters is 1. The molecule has 8 atom stereocenters. The van der Waals surface area contributed by atoms with Crippen LogP contribution in [0.4, 0.5) is 0 Å². The Morgan fingerprint density at radius 1 is 0.236 bits per heavy atom.